The normalized spacial score (nSPS) is 11.4. The third-order valence-corrected chi connectivity index (χ3v) is 5.19. The fourth-order valence-electron chi connectivity index (χ4n) is 2.58. The first-order chi connectivity index (χ1) is 14.3. The molecule has 1 heterocycles. The molecule has 30 heavy (non-hydrogen) atoms. The lowest BCUT2D eigenvalue weighted by molar-refractivity contribution is -0.115. The van der Waals surface area contributed by atoms with Crippen LogP contribution in [0.4, 0.5) is 20.2 Å². The first kappa shape index (κ1) is 21.4. The van der Waals surface area contributed by atoms with Gasteiger partial charge in [0.25, 0.3) is 5.91 Å². The van der Waals surface area contributed by atoms with Gasteiger partial charge in [-0.1, -0.05) is 17.7 Å². The lowest BCUT2D eigenvalue weighted by atomic mass is 10.1. The second kappa shape index (κ2) is 9.02. The number of carbonyl (C=O) groups excluding carboxylic acids is 2. The molecule has 0 aliphatic carbocycles. The van der Waals surface area contributed by atoms with E-state index in [9.17, 15) is 18.4 Å². The number of rotatable bonds is 5. The number of halogens is 3. The molecule has 6 nitrogen and oxygen atoms in total. The van der Waals surface area contributed by atoms with Gasteiger partial charge >= 0.3 is 0 Å². The smallest absolute Gasteiger partial charge is 0.288 e. The number of benzene rings is 2. The Morgan fingerprint density at radius 2 is 1.93 bits per heavy atom. The molecule has 0 aliphatic rings. The summed E-state index contributed by atoms with van der Waals surface area (Å²) in [4.78, 5) is 28.6. The maximum atomic E-state index is 14.0. The summed E-state index contributed by atoms with van der Waals surface area (Å²) >= 11 is 6.86. The van der Waals surface area contributed by atoms with Crippen LogP contribution in [-0.2, 0) is 11.2 Å². The van der Waals surface area contributed by atoms with Gasteiger partial charge in [-0.25, -0.2) is 8.78 Å². The highest BCUT2D eigenvalue weighted by molar-refractivity contribution is 7.12. The Kier molecular flexibility index (Phi) is 6.43. The first-order valence-electron chi connectivity index (χ1n) is 8.50. The first-order valence-corrected chi connectivity index (χ1v) is 9.76. The highest BCUT2D eigenvalue weighted by Crippen LogP contribution is 2.23. The van der Waals surface area contributed by atoms with Crippen LogP contribution in [0.3, 0.4) is 0 Å². The minimum Gasteiger partial charge on any atom is -0.398 e. The highest BCUT2D eigenvalue weighted by Gasteiger charge is 2.17. The summed E-state index contributed by atoms with van der Waals surface area (Å²) < 4.78 is 27.8. The predicted molar refractivity (Wildman–Crippen MR) is 114 cm³/mol. The maximum Gasteiger partial charge on any atom is 0.288 e. The molecular formula is C20H15ClF2N4O2S. The molecule has 0 atom stereocenters. The number of hydrogen-bond acceptors (Lipinski definition) is 4. The van der Waals surface area contributed by atoms with Crippen molar-refractivity contribution in [3.63, 3.8) is 0 Å². The average molecular weight is 449 g/mol. The summed E-state index contributed by atoms with van der Waals surface area (Å²) in [6, 6.07) is 9.73. The van der Waals surface area contributed by atoms with E-state index in [0.29, 0.717) is 4.88 Å². The SMILES string of the molecule is NC(=NC(=O)c1cccs1)c1cc(NC(=O)Cc2c(F)ccc(Cl)c2F)ccc1N. The number of carbonyl (C=O) groups is 2. The topological polar surface area (TPSA) is 111 Å². The zero-order valence-electron chi connectivity index (χ0n) is 15.3. The molecule has 2 aromatic carbocycles. The molecule has 5 N–H and O–H groups in total. The molecule has 3 aromatic rings. The number of hydrogen-bond donors (Lipinski definition) is 3. The number of nitrogens with one attached hydrogen (secondary N) is 1. The number of anilines is 2. The number of thiophene rings is 1. The molecule has 2 amide bonds. The van der Waals surface area contributed by atoms with E-state index in [1.165, 1.54) is 29.5 Å². The number of nitrogens with two attached hydrogens (primary N) is 2. The van der Waals surface area contributed by atoms with Crippen LogP contribution in [-0.4, -0.2) is 17.6 Å². The van der Waals surface area contributed by atoms with Crippen molar-refractivity contribution in [1.29, 1.82) is 0 Å². The quantitative estimate of drug-likeness (QED) is 0.237. The van der Waals surface area contributed by atoms with E-state index < -0.39 is 35.4 Å². The molecule has 3 rings (SSSR count). The van der Waals surface area contributed by atoms with Gasteiger partial charge in [0.2, 0.25) is 5.91 Å². The zero-order valence-corrected chi connectivity index (χ0v) is 16.9. The minimum absolute atomic E-state index is 0.131. The third kappa shape index (κ3) is 4.81. The van der Waals surface area contributed by atoms with Crippen LogP contribution < -0.4 is 16.8 Å². The zero-order chi connectivity index (χ0) is 21.8. The number of aliphatic imine (C=N–C) groups is 1. The van der Waals surface area contributed by atoms with Crippen molar-refractivity contribution in [2.24, 2.45) is 10.7 Å². The highest BCUT2D eigenvalue weighted by atomic mass is 35.5. The number of nitrogen functional groups attached to an aromatic ring is 1. The second-order valence-corrected chi connectivity index (χ2v) is 7.48. The molecule has 0 fully saturated rings. The number of amidine groups is 1. The molecule has 0 spiro atoms. The Hall–Kier alpha value is -3.30. The van der Waals surface area contributed by atoms with Crippen LogP contribution in [0.25, 0.3) is 0 Å². The van der Waals surface area contributed by atoms with Gasteiger partial charge in [0.1, 0.15) is 17.5 Å². The molecule has 0 bridgehead atoms. The summed E-state index contributed by atoms with van der Waals surface area (Å²) in [6.07, 6.45) is -0.571. The Morgan fingerprint density at radius 1 is 1.17 bits per heavy atom. The summed E-state index contributed by atoms with van der Waals surface area (Å²) in [5, 5.41) is 3.95. The monoisotopic (exact) mass is 448 g/mol. The Bertz CT molecular complexity index is 1150. The molecule has 0 radical (unpaired) electrons. The van der Waals surface area contributed by atoms with E-state index >= 15 is 0 Å². The van der Waals surface area contributed by atoms with E-state index in [1.807, 2.05) is 0 Å². The molecule has 10 heteroatoms. The fourth-order valence-corrected chi connectivity index (χ4v) is 3.36. The van der Waals surface area contributed by atoms with Crippen molar-refractivity contribution < 1.29 is 18.4 Å². The van der Waals surface area contributed by atoms with Gasteiger partial charge in [-0.15, -0.1) is 11.3 Å². The van der Waals surface area contributed by atoms with Crippen LogP contribution in [0.1, 0.15) is 20.8 Å². The van der Waals surface area contributed by atoms with E-state index in [2.05, 4.69) is 10.3 Å². The predicted octanol–water partition coefficient (Wildman–Crippen LogP) is 3.99. The minimum atomic E-state index is -0.992. The summed E-state index contributed by atoms with van der Waals surface area (Å²) in [6.45, 7) is 0. The van der Waals surface area contributed by atoms with Crippen molar-refractivity contribution >= 4 is 52.0 Å². The van der Waals surface area contributed by atoms with Crippen molar-refractivity contribution in [2.45, 2.75) is 6.42 Å². The van der Waals surface area contributed by atoms with E-state index in [1.54, 1.807) is 17.5 Å². The van der Waals surface area contributed by atoms with Crippen molar-refractivity contribution in [3.8, 4) is 0 Å². The average Bonchev–Trinajstić information content (AvgIpc) is 3.24. The van der Waals surface area contributed by atoms with Gasteiger partial charge in [0.15, 0.2) is 0 Å². The molecule has 0 aliphatic heterocycles. The largest absolute Gasteiger partial charge is 0.398 e. The van der Waals surface area contributed by atoms with Crippen molar-refractivity contribution in [3.05, 3.63) is 80.5 Å². The van der Waals surface area contributed by atoms with Gasteiger partial charge in [0, 0.05) is 22.5 Å². The standard InChI is InChI=1S/C20H15ClF2N4O2S/c21-13-4-5-14(22)11(18(13)23)9-17(28)26-10-3-6-15(24)12(8-10)19(25)27-20(29)16-2-1-7-30-16/h1-8H,9,24H2,(H,26,28)(H2,25,27,29). The van der Waals surface area contributed by atoms with E-state index in [-0.39, 0.29) is 27.8 Å². The van der Waals surface area contributed by atoms with Crippen molar-refractivity contribution in [2.75, 3.05) is 11.1 Å². The third-order valence-electron chi connectivity index (χ3n) is 4.04. The van der Waals surface area contributed by atoms with Gasteiger partial charge in [0.05, 0.1) is 16.3 Å². The number of amides is 2. The molecule has 1 aromatic heterocycles. The molecule has 154 valence electrons. The summed E-state index contributed by atoms with van der Waals surface area (Å²) in [5.41, 5.74) is 12.1. The van der Waals surface area contributed by atoms with Gasteiger partial charge < -0.3 is 16.8 Å². The van der Waals surface area contributed by atoms with E-state index in [4.69, 9.17) is 23.1 Å². The van der Waals surface area contributed by atoms with Crippen LogP contribution >= 0.6 is 22.9 Å². The fraction of sp³-hybridized carbons (Fsp3) is 0.0500. The maximum absolute atomic E-state index is 14.0. The molecular weight excluding hydrogens is 434 g/mol. The molecule has 0 saturated carbocycles. The van der Waals surface area contributed by atoms with Crippen LogP contribution in [0, 0.1) is 11.6 Å². The Labute approximate surface area is 179 Å². The van der Waals surface area contributed by atoms with Gasteiger partial charge in [-0.2, -0.15) is 4.99 Å². The van der Waals surface area contributed by atoms with Crippen LogP contribution in [0.2, 0.25) is 5.02 Å². The van der Waals surface area contributed by atoms with Crippen LogP contribution in [0.5, 0.6) is 0 Å². The van der Waals surface area contributed by atoms with E-state index in [0.717, 1.165) is 12.1 Å². The summed E-state index contributed by atoms with van der Waals surface area (Å²) in [5.74, 6) is -3.21. The Morgan fingerprint density at radius 3 is 2.63 bits per heavy atom. The van der Waals surface area contributed by atoms with Gasteiger partial charge in [-0.3, -0.25) is 9.59 Å². The lowest BCUT2D eigenvalue weighted by Crippen LogP contribution is -2.20. The molecule has 0 unspecified atom stereocenters. The number of nitrogens with zero attached hydrogens (tertiary/aromatic N) is 1. The second-order valence-electron chi connectivity index (χ2n) is 6.13. The molecule has 0 saturated heterocycles. The van der Waals surface area contributed by atoms with Crippen LogP contribution in [0.15, 0.2) is 52.8 Å². The Balaban J connectivity index is 1.79. The van der Waals surface area contributed by atoms with Gasteiger partial charge in [-0.05, 0) is 41.8 Å². The lowest BCUT2D eigenvalue weighted by Gasteiger charge is -2.11. The summed E-state index contributed by atoms with van der Waals surface area (Å²) in [7, 11) is 0. The van der Waals surface area contributed by atoms with Crippen molar-refractivity contribution in [1.82, 2.24) is 0 Å².